The number of benzene rings is 1. The molecule has 1 N–H and O–H groups in total. The number of carbonyl (C=O) groups is 1. The van der Waals surface area contributed by atoms with Crippen molar-refractivity contribution in [2.45, 2.75) is 31.8 Å². The summed E-state index contributed by atoms with van der Waals surface area (Å²) in [4.78, 5) is 16.0. The van der Waals surface area contributed by atoms with E-state index in [-0.39, 0.29) is 11.9 Å². The van der Waals surface area contributed by atoms with Crippen molar-refractivity contribution >= 4 is 22.9 Å². The molecule has 5 nitrogen and oxygen atoms in total. The lowest BCUT2D eigenvalue weighted by Gasteiger charge is -2.26. The first-order chi connectivity index (χ1) is 12.3. The number of hydrogen-bond donors (Lipinski definition) is 1. The van der Waals surface area contributed by atoms with Crippen molar-refractivity contribution in [2.75, 3.05) is 24.7 Å². The second kappa shape index (κ2) is 7.45. The lowest BCUT2D eigenvalue weighted by molar-refractivity contribution is -0.119. The van der Waals surface area contributed by atoms with E-state index in [2.05, 4.69) is 11.4 Å². The van der Waals surface area contributed by atoms with Gasteiger partial charge in [-0.15, -0.1) is 11.3 Å². The van der Waals surface area contributed by atoms with E-state index in [1.165, 1.54) is 4.88 Å². The highest BCUT2D eigenvalue weighted by atomic mass is 32.1. The van der Waals surface area contributed by atoms with E-state index in [1.807, 2.05) is 34.5 Å². The summed E-state index contributed by atoms with van der Waals surface area (Å²) in [7, 11) is 0. The Kier molecular flexibility index (Phi) is 4.90. The second-order valence-corrected chi connectivity index (χ2v) is 7.42. The zero-order valence-electron chi connectivity index (χ0n) is 14.1. The molecule has 1 atom stereocenters. The molecule has 0 radical (unpaired) electrons. The molecule has 0 spiro atoms. The monoisotopic (exact) mass is 358 g/mol. The molecule has 1 unspecified atom stereocenters. The highest BCUT2D eigenvalue weighted by Crippen LogP contribution is 2.35. The van der Waals surface area contributed by atoms with Crippen LogP contribution in [0, 0.1) is 0 Å². The largest absolute Gasteiger partial charge is 0.486 e. The van der Waals surface area contributed by atoms with Gasteiger partial charge in [0.2, 0.25) is 5.91 Å². The lowest BCUT2D eigenvalue weighted by Crippen LogP contribution is -2.35. The molecule has 1 aromatic carbocycles. The van der Waals surface area contributed by atoms with Crippen LogP contribution < -0.4 is 19.7 Å². The van der Waals surface area contributed by atoms with Crippen molar-refractivity contribution in [2.24, 2.45) is 0 Å². The molecular formula is C19H22N2O3S. The Balaban J connectivity index is 1.58. The molecule has 0 bridgehead atoms. The smallest absolute Gasteiger partial charge is 0.228 e. The quantitative estimate of drug-likeness (QED) is 0.892. The van der Waals surface area contributed by atoms with Gasteiger partial charge < -0.3 is 19.7 Å². The van der Waals surface area contributed by atoms with E-state index in [0.29, 0.717) is 31.9 Å². The summed E-state index contributed by atoms with van der Waals surface area (Å²) in [5.74, 6) is 1.60. The predicted molar refractivity (Wildman–Crippen MR) is 98.6 cm³/mol. The zero-order valence-corrected chi connectivity index (χ0v) is 14.9. The second-order valence-electron chi connectivity index (χ2n) is 6.38. The van der Waals surface area contributed by atoms with Crippen LogP contribution in [0.2, 0.25) is 0 Å². The van der Waals surface area contributed by atoms with Crippen LogP contribution in [0.3, 0.4) is 0 Å². The normalized spacial score (nSPS) is 19.0. The Morgan fingerprint density at radius 3 is 2.88 bits per heavy atom. The zero-order chi connectivity index (χ0) is 17.1. The molecule has 2 aliphatic rings. The van der Waals surface area contributed by atoms with E-state index < -0.39 is 0 Å². The highest BCUT2D eigenvalue weighted by molar-refractivity contribution is 7.09. The molecule has 1 amide bonds. The number of rotatable bonds is 5. The van der Waals surface area contributed by atoms with Gasteiger partial charge in [0.1, 0.15) is 13.2 Å². The molecule has 0 aliphatic carbocycles. The molecule has 1 aromatic heterocycles. The minimum Gasteiger partial charge on any atom is -0.486 e. The number of nitrogens with zero attached hydrogens (tertiary/aromatic N) is 1. The lowest BCUT2D eigenvalue weighted by atomic mass is 10.1. The number of hydrogen-bond acceptors (Lipinski definition) is 5. The maximum Gasteiger partial charge on any atom is 0.228 e. The maximum absolute atomic E-state index is 13.0. The van der Waals surface area contributed by atoms with E-state index in [0.717, 1.165) is 30.8 Å². The summed E-state index contributed by atoms with van der Waals surface area (Å²) >= 11 is 1.67. The number of ether oxygens (including phenoxy) is 2. The van der Waals surface area contributed by atoms with Gasteiger partial charge in [0, 0.05) is 29.1 Å². The summed E-state index contributed by atoms with van der Waals surface area (Å²) in [5, 5.41) is 5.46. The van der Waals surface area contributed by atoms with Crippen molar-refractivity contribution in [1.29, 1.82) is 0 Å². The average molecular weight is 358 g/mol. The summed E-state index contributed by atoms with van der Waals surface area (Å²) in [6.07, 6.45) is 2.74. The Morgan fingerprint density at radius 1 is 1.24 bits per heavy atom. The van der Waals surface area contributed by atoms with Crippen LogP contribution in [-0.2, 0) is 11.3 Å². The molecule has 3 heterocycles. The average Bonchev–Trinajstić information content (AvgIpc) is 3.33. The Morgan fingerprint density at radius 2 is 2.12 bits per heavy atom. The number of thiophene rings is 1. The highest BCUT2D eigenvalue weighted by Gasteiger charge is 2.24. The number of amides is 1. The fourth-order valence-corrected chi connectivity index (χ4v) is 4.03. The van der Waals surface area contributed by atoms with Gasteiger partial charge in [0.15, 0.2) is 11.5 Å². The van der Waals surface area contributed by atoms with Crippen molar-refractivity contribution in [3.05, 3.63) is 40.6 Å². The van der Waals surface area contributed by atoms with Crippen molar-refractivity contribution in [1.82, 2.24) is 5.32 Å². The number of nitrogens with one attached hydrogen (secondary N) is 1. The first-order valence-corrected chi connectivity index (χ1v) is 9.63. The Labute approximate surface area is 151 Å². The minimum absolute atomic E-state index is 0.143. The Bertz CT molecular complexity index is 726. The van der Waals surface area contributed by atoms with Crippen LogP contribution in [0.15, 0.2) is 35.7 Å². The van der Waals surface area contributed by atoms with Gasteiger partial charge in [-0.25, -0.2) is 0 Å². The third kappa shape index (κ3) is 3.80. The molecule has 4 rings (SSSR count). The maximum atomic E-state index is 13.0. The SMILES string of the molecule is O=C(CC1CCCN1)N(Cc1cccs1)c1ccc2c(c1)OCCO2. The molecular weight excluding hydrogens is 336 g/mol. The topological polar surface area (TPSA) is 50.8 Å². The Hall–Kier alpha value is -2.05. The standard InChI is InChI=1S/C19H22N2O3S/c22-19(11-14-3-1-7-20-14)21(13-16-4-2-10-25-16)15-5-6-17-18(12-15)24-9-8-23-17/h2,4-6,10,12,14,20H,1,3,7-9,11,13H2. The van der Waals surface area contributed by atoms with Crippen LogP contribution in [-0.4, -0.2) is 31.7 Å². The van der Waals surface area contributed by atoms with E-state index in [1.54, 1.807) is 11.3 Å². The molecule has 2 aromatic rings. The number of carbonyl (C=O) groups excluding carboxylic acids is 1. The van der Waals surface area contributed by atoms with Gasteiger partial charge >= 0.3 is 0 Å². The van der Waals surface area contributed by atoms with Gasteiger partial charge in [0.25, 0.3) is 0 Å². The van der Waals surface area contributed by atoms with Gasteiger partial charge in [-0.05, 0) is 43.0 Å². The number of fused-ring (bicyclic) bond motifs is 1. The summed E-state index contributed by atoms with van der Waals surface area (Å²) < 4.78 is 11.3. The molecule has 0 saturated carbocycles. The fraction of sp³-hybridized carbons (Fsp3) is 0.421. The molecule has 132 valence electrons. The van der Waals surface area contributed by atoms with Gasteiger partial charge in [-0.2, -0.15) is 0 Å². The predicted octanol–water partition coefficient (Wildman–Crippen LogP) is 3.19. The summed E-state index contributed by atoms with van der Waals surface area (Å²) in [5.41, 5.74) is 0.862. The van der Waals surface area contributed by atoms with Crippen molar-refractivity contribution in [3.63, 3.8) is 0 Å². The third-order valence-corrected chi connectivity index (χ3v) is 5.48. The molecule has 1 fully saturated rings. The van der Waals surface area contributed by atoms with Crippen LogP contribution in [0.25, 0.3) is 0 Å². The third-order valence-electron chi connectivity index (χ3n) is 4.62. The van der Waals surface area contributed by atoms with Crippen molar-refractivity contribution in [3.8, 4) is 11.5 Å². The minimum atomic E-state index is 0.143. The van der Waals surface area contributed by atoms with E-state index in [4.69, 9.17) is 9.47 Å². The van der Waals surface area contributed by atoms with Crippen LogP contribution in [0.5, 0.6) is 11.5 Å². The van der Waals surface area contributed by atoms with E-state index >= 15 is 0 Å². The first kappa shape index (κ1) is 16.4. The first-order valence-electron chi connectivity index (χ1n) is 8.75. The molecule has 6 heteroatoms. The fourth-order valence-electron chi connectivity index (χ4n) is 3.33. The van der Waals surface area contributed by atoms with Gasteiger partial charge in [-0.3, -0.25) is 4.79 Å². The van der Waals surface area contributed by atoms with Gasteiger partial charge in [-0.1, -0.05) is 6.07 Å². The van der Waals surface area contributed by atoms with Crippen LogP contribution >= 0.6 is 11.3 Å². The number of anilines is 1. The summed E-state index contributed by atoms with van der Waals surface area (Å²) in [6, 6.07) is 10.1. The van der Waals surface area contributed by atoms with Crippen LogP contribution in [0.4, 0.5) is 5.69 Å². The summed E-state index contributed by atoms with van der Waals surface area (Å²) in [6.45, 7) is 2.70. The molecule has 1 saturated heterocycles. The van der Waals surface area contributed by atoms with Crippen molar-refractivity contribution < 1.29 is 14.3 Å². The van der Waals surface area contributed by atoms with Crippen LogP contribution in [0.1, 0.15) is 24.1 Å². The molecule has 25 heavy (non-hydrogen) atoms. The van der Waals surface area contributed by atoms with E-state index in [9.17, 15) is 4.79 Å². The van der Waals surface area contributed by atoms with Gasteiger partial charge in [0.05, 0.1) is 6.54 Å². The molecule has 2 aliphatic heterocycles.